The first kappa shape index (κ1) is 13.3. The van der Waals surface area contributed by atoms with Crippen molar-refractivity contribution in [2.45, 2.75) is 20.3 Å². The summed E-state index contributed by atoms with van der Waals surface area (Å²) >= 11 is 0. The standard InChI is InChI=1S/C16H18N2O/c1-12-3-4-13(2)15(11-12)7-10-18-16(19)14-5-8-17-9-6-14/h3-6,8-9,11H,7,10H2,1-2H3,(H,18,19). The van der Waals surface area contributed by atoms with E-state index in [1.165, 1.54) is 16.7 Å². The molecule has 0 radical (unpaired) electrons. The SMILES string of the molecule is Cc1ccc(C)c(CCNC(=O)c2ccncc2)c1. The third-order valence-electron chi connectivity index (χ3n) is 3.13. The summed E-state index contributed by atoms with van der Waals surface area (Å²) in [4.78, 5) is 15.7. The van der Waals surface area contributed by atoms with Gasteiger partial charge in [-0.3, -0.25) is 9.78 Å². The van der Waals surface area contributed by atoms with E-state index in [9.17, 15) is 4.79 Å². The van der Waals surface area contributed by atoms with E-state index < -0.39 is 0 Å². The molecule has 1 heterocycles. The zero-order valence-electron chi connectivity index (χ0n) is 11.3. The van der Waals surface area contributed by atoms with E-state index >= 15 is 0 Å². The summed E-state index contributed by atoms with van der Waals surface area (Å²) in [5.41, 5.74) is 4.45. The first-order valence-electron chi connectivity index (χ1n) is 6.41. The molecule has 0 fully saturated rings. The summed E-state index contributed by atoms with van der Waals surface area (Å²) in [5.74, 6) is -0.0484. The minimum absolute atomic E-state index is 0.0484. The molecule has 3 heteroatoms. The Balaban J connectivity index is 1.90. The smallest absolute Gasteiger partial charge is 0.251 e. The van der Waals surface area contributed by atoms with Crippen LogP contribution in [0.1, 0.15) is 27.0 Å². The van der Waals surface area contributed by atoms with Crippen LogP contribution >= 0.6 is 0 Å². The number of benzene rings is 1. The van der Waals surface area contributed by atoms with Gasteiger partial charge in [0.2, 0.25) is 0 Å². The maximum atomic E-state index is 11.8. The summed E-state index contributed by atoms with van der Waals surface area (Å²) in [7, 11) is 0. The molecule has 2 rings (SSSR count). The molecule has 0 aliphatic heterocycles. The van der Waals surface area contributed by atoms with Gasteiger partial charge in [0.05, 0.1) is 0 Å². The molecule has 1 aromatic heterocycles. The maximum Gasteiger partial charge on any atom is 0.251 e. The molecular formula is C16H18N2O. The number of carbonyl (C=O) groups is 1. The van der Waals surface area contributed by atoms with Crippen molar-refractivity contribution in [2.75, 3.05) is 6.54 Å². The van der Waals surface area contributed by atoms with E-state index in [0.717, 1.165) is 6.42 Å². The predicted molar refractivity (Wildman–Crippen MR) is 76.2 cm³/mol. The van der Waals surface area contributed by atoms with E-state index in [1.54, 1.807) is 24.5 Å². The first-order valence-corrected chi connectivity index (χ1v) is 6.41. The molecule has 0 saturated carbocycles. The summed E-state index contributed by atoms with van der Waals surface area (Å²) in [6.45, 7) is 4.82. The van der Waals surface area contributed by atoms with Gasteiger partial charge in [-0.2, -0.15) is 0 Å². The average molecular weight is 254 g/mol. The third kappa shape index (κ3) is 3.65. The molecular weight excluding hydrogens is 236 g/mol. The second-order valence-electron chi connectivity index (χ2n) is 4.67. The van der Waals surface area contributed by atoms with Crippen LogP contribution in [0.25, 0.3) is 0 Å². The van der Waals surface area contributed by atoms with Gasteiger partial charge in [0.15, 0.2) is 0 Å². The number of nitrogens with zero attached hydrogens (tertiary/aromatic N) is 1. The Morgan fingerprint density at radius 3 is 2.63 bits per heavy atom. The number of hydrogen-bond acceptors (Lipinski definition) is 2. The number of aromatic nitrogens is 1. The van der Waals surface area contributed by atoms with Gasteiger partial charge in [-0.15, -0.1) is 0 Å². The summed E-state index contributed by atoms with van der Waals surface area (Å²) in [6.07, 6.45) is 4.10. The van der Waals surface area contributed by atoms with Crippen LogP contribution in [-0.2, 0) is 6.42 Å². The topological polar surface area (TPSA) is 42.0 Å². The lowest BCUT2D eigenvalue weighted by molar-refractivity contribution is 0.0954. The molecule has 3 nitrogen and oxygen atoms in total. The highest BCUT2D eigenvalue weighted by Crippen LogP contribution is 2.10. The average Bonchev–Trinajstić information content (AvgIpc) is 2.43. The molecule has 1 aromatic carbocycles. The van der Waals surface area contributed by atoms with E-state index in [0.29, 0.717) is 12.1 Å². The fourth-order valence-electron chi connectivity index (χ4n) is 1.99. The van der Waals surface area contributed by atoms with Crippen molar-refractivity contribution in [1.82, 2.24) is 10.3 Å². The van der Waals surface area contributed by atoms with E-state index in [4.69, 9.17) is 0 Å². The van der Waals surface area contributed by atoms with Crippen LogP contribution in [0.3, 0.4) is 0 Å². The molecule has 0 saturated heterocycles. The van der Waals surface area contributed by atoms with Crippen LogP contribution in [-0.4, -0.2) is 17.4 Å². The van der Waals surface area contributed by atoms with Crippen LogP contribution in [0.15, 0.2) is 42.7 Å². The summed E-state index contributed by atoms with van der Waals surface area (Å²) in [5, 5.41) is 2.93. The van der Waals surface area contributed by atoms with E-state index in [2.05, 4.69) is 42.3 Å². The number of carbonyl (C=O) groups excluding carboxylic acids is 1. The number of aryl methyl sites for hydroxylation is 2. The van der Waals surface area contributed by atoms with Crippen molar-refractivity contribution in [3.63, 3.8) is 0 Å². The van der Waals surface area contributed by atoms with Gasteiger partial charge in [-0.1, -0.05) is 23.8 Å². The van der Waals surface area contributed by atoms with Crippen LogP contribution in [0.2, 0.25) is 0 Å². The molecule has 0 unspecified atom stereocenters. The minimum Gasteiger partial charge on any atom is -0.352 e. The highest BCUT2D eigenvalue weighted by Gasteiger charge is 2.04. The lowest BCUT2D eigenvalue weighted by Crippen LogP contribution is -2.25. The normalized spacial score (nSPS) is 10.2. The predicted octanol–water partition coefficient (Wildman–Crippen LogP) is 2.67. The Morgan fingerprint density at radius 1 is 1.16 bits per heavy atom. The lowest BCUT2D eigenvalue weighted by atomic mass is 10.0. The van der Waals surface area contributed by atoms with Gasteiger partial charge in [0, 0.05) is 24.5 Å². The fraction of sp³-hybridized carbons (Fsp3) is 0.250. The highest BCUT2D eigenvalue weighted by atomic mass is 16.1. The maximum absolute atomic E-state index is 11.8. The van der Waals surface area contributed by atoms with Gasteiger partial charge < -0.3 is 5.32 Å². The third-order valence-corrected chi connectivity index (χ3v) is 3.13. The van der Waals surface area contributed by atoms with Gasteiger partial charge in [0.25, 0.3) is 5.91 Å². The summed E-state index contributed by atoms with van der Waals surface area (Å²) in [6, 6.07) is 9.83. The van der Waals surface area contributed by atoms with Crippen molar-refractivity contribution < 1.29 is 4.79 Å². The summed E-state index contributed by atoms with van der Waals surface area (Å²) < 4.78 is 0. The number of hydrogen-bond donors (Lipinski definition) is 1. The Hall–Kier alpha value is -2.16. The molecule has 19 heavy (non-hydrogen) atoms. The van der Waals surface area contributed by atoms with Crippen molar-refractivity contribution in [3.05, 3.63) is 65.0 Å². The van der Waals surface area contributed by atoms with Gasteiger partial charge in [0.1, 0.15) is 0 Å². The Morgan fingerprint density at radius 2 is 1.89 bits per heavy atom. The van der Waals surface area contributed by atoms with Crippen LogP contribution in [0.5, 0.6) is 0 Å². The zero-order valence-corrected chi connectivity index (χ0v) is 11.3. The second-order valence-corrected chi connectivity index (χ2v) is 4.67. The second kappa shape index (κ2) is 6.14. The van der Waals surface area contributed by atoms with Crippen molar-refractivity contribution in [1.29, 1.82) is 0 Å². The largest absolute Gasteiger partial charge is 0.352 e. The molecule has 2 aromatic rings. The highest BCUT2D eigenvalue weighted by molar-refractivity contribution is 5.93. The zero-order chi connectivity index (χ0) is 13.7. The molecule has 0 bridgehead atoms. The Kier molecular flexibility index (Phi) is 4.29. The molecule has 0 spiro atoms. The van der Waals surface area contributed by atoms with Crippen molar-refractivity contribution in [3.8, 4) is 0 Å². The minimum atomic E-state index is -0.0484. The Labute approximate surface area is 113 Å². The Bertz CT molecular complexity index is 564. The van der Waals surface area contributed by atoms with Crippen LogP contribution < -0.4 is 5.32 Å². The molecule has 0 atom stereocenters. The molecule has 1 N–H and O–H groups in total. The van der Waals surface area contributed by atoms with E-state index in [1.807, 2.05) is 0 Å². The number of nitrogens with one attached hydrogen (secondary N) is 1. The molecule has 98 valence electrons. The van der Waals surface area contributed by atoms with Crippen molar-refractivity contribution in [2.24, 2.45) is 0 Å². The van der Waals surface area contributed by atoms with E-state index in [-0.39, 0.29) is 5.91 Å². The first-order chi connectivity index (χ1) is 9.16. The van der Waals surface area contributed by atoms with Gasteiger partial charge >= 0.3 is 0 Å². The molecule has 1 amide bonds. The van der Waals surface area contributed by atoms with Gasteiger partial charge in [-0.05, 0) is 43.5 Å². The van der Waals surface area contributed by atoms with Crippen molar-refractivity contribution >= 4 is 5.91 Å². The number of pyridine rings is 1. The number of amides is 1. The fourth-order valence-corrected chi connectivity index (χ4v) is 1.99. The molecule has 0 aliphatic rings. The lowest BCUT2D eigenvalue weighted by Gasteiger charge is -2.08. The number of rotatable bonds is 4. The van der Waals surface area contributed by atoms with Gasteiger partial charge in [-0.25, -0.2) is 0 Å². The quantitative estimate of drug-likeness (QED) is 0.911. The molecule has 0 aliphatic carbocycles. The van der Waals surface area contributed by atoms with Crippen LogP contribution in [0.4, 0.5) is 0 Å². The van der Waals surface area contributed by atoms with Crippen LogP contribution in [0, 0.1) is 13.8 Å². The monoisotopic (exact) mass is 254 g/mol.